The van der Waals surface area contributed by atoms with Gasteiger partial charge in [0, 0.05) is 17.8 Å². The summed E-state index contributed by atoms with van der Waals surface area (Å²) < 4.78 is 5.26. The minimum absolute atomic E-state index is 0. The van der Waals surface area contributed by atoms with Crippen molar-refractivity contribution in [2.75, 3.05) is 12.4 Å². The molecule has 0 saturated heterocycles. The minimum atomic E-state index is -0.427. The normalized spacial score (nSPS) is 10.6. The Balaban J connectivity index is 0.00000312. The Hall–Kier alpha value is -2.47. The summed E-state index contributed by atoms with van der Waals surface area (Å²) in [5.74, 6) is 0.606. The molecule has 0 unspecified atom stereocenters. The molecular weight excluding hydrogens is 342 g/mol. The number of phenolic OH excluding ortho intramolecular Hbond substituents is 1. The fourth-order valence-corrected chi connectivity index (χ4v) is 2.23. The first-order valence-corrected chi connectivity index (χ1v) is 7.67. The monoisotopic (exact) mass is 365 g/mol. The number of halogens is 1. The zero-order chi connectivity index (χ0) is 17.7. The van der Waals surface area contributed by atoms with Crippen molar-refractivity contribution in [3.05, 3.63) is 47.8 Å². The Bertz CT molecular complexity index is 715. The third-order valence-corrected chi connectivity index (χ3v) is 3.53. The summed E-state index contributed by atoms with van der Waals surface area (Å²) in [7, 11) is 1.55. The van der Waals surface area contributed by atoms with Crippen molar-refractivity contribution >= 4 is 24.1 Å². The molecular formula is C18H24ClN3O3. The van der Waals surface area contributed by atoms with Crippen LogP contribution in [0.3, 0.4) is 0 Å². The lowest BCUT2D eigenvalue weighted by molar-refractivity contribution is 0.251. The number of urea groups is 1. The smallest absolute Gasteiger partial charge is 0.319 e. The van der Waals surface area contributed by atoms with Crippen LogP contribution in [0.1, 0.15) is 32.0 Å². The Morgan fingerprint density at radius 3 is 2.56 bits per heavy atom. The molecule has 0 aliphatic rings. The number of carbonyl (C=O) groups is 1. The molecule has 0 spiro atoms. The maximum absolute atomic E-state index is 12.1. The second-order valence-corrected chi connectivity index (χ2v) is 6.45. The zero-order valence-corrected chi connectivity index (χ0v) is 15.6. The number of hydrogen-bond donors (Lipinski definition) is 3. The number of nitrogens with one attached hydrogen (secondary N) is 2. The van der Waals surface area contributed by atoms with Gasteiger partial charge in [-0.15, -0.1) is 12.4 Å². The number of anilines is 1. The van der Waals surface area contributed by atoms with E-state index in [0.29, 0.717) is 23.5 Å². The fraction of sp³-hybridized carbons (Fsp3) is 0.333. The lowest BCUT2D eigenvalue weighted by Crippen LogP contribution is -2.28. The lowest BCUT2D eigenvalue weighted by Gasteiger charge is -2.23. The summed E-state index contributed by atoms with van der Waals surface area (Å²) >= 11 is 0. The van der Waals surface area contributed by atoms with Crippen molar-refractivity contribution in [1.29, 1.82) is 0 Å². The first kappa shape index (κ1) is 20.6. The molecule has 0 bridgehead atoms. The molecule has 25 heavy (non-hydrogen) atoms. The highest BCUT2D eigenvalue weighted by molar-refractivity contribution is 5.91. The van der Waals surface area contributed by atoms with Crippen LogP contribution < -0.4 is 15.4 Å². The highest BCUT2D eigenvalue weighted by Gasteiger charge is 2.22. The van der Waals surface area contributed by atoms with E-state index in [0.717, 1.165) is 5.69 Å². The number of aromatic hydroxyl groups is 1. The number of nitrogens with zero attached hydrogens (tertiary/aromatic N) is 1. The fourth-order valence-electron chi connectivity index (χ4n) is 2.23. The van der Waals surface area contributed by atoms with Gasteiger partial charge in [0.15, 0.2) is 0 Å². The van der Waals surface area contributed by atoms with Gasteiger partial charge < -0.3 is 20.5 Å². The summed E-state index contributed by atoms with van der Waals surface area (Å²) in [6, 6.07) is 8.42. The highest BCUT2D eigenvalue weighted by atomic mass is 35.5. The van der Waals surface area contributed by atoms with E-state index in [9.17, 15) is 9.90 Å². The number of rotatable bonds is 4. The minimum Gasteiger partial charge on any atom is -0.505 e. The molecule has 6 nitrogen and oxygen atoms in total. The number of amides is 2. The highest BCUT2D eigenvalue weighted by Crippen LogP contribution is 2.39. The molecule has 136 valence electrons. The Morgan fingerprint density at radius 2 is 2.00 bits per heavy atom. The van der Waals surface area contributed by atoms with Gasteiger partial charge in [-0.1, -0.05) is 26.8 Å². The predicted molar refractivity (Wildman–Crippen MR) is 101 cm³/mol. The molecule has 2 amide bonds. The van der Waals surface area contributed by atoms with Gasteiger partial charge in [0.05, 0.1) is 25.0 Å². The number of benzene rings is 1. The molecule has 2 aromatic rings. The number of methoxy groups -OCH3 is 1. The van der Waals surface area contributed by atoms with Gasteiger partial charge in [0.2, 0.25) is 0 Å². The van der Waals surface area contributed by atoms with Crippen molar-refractivity contribution < 1.29 is 14.6 Å². The second kappa shape index (κ2) is 8.58. The summed E-state index contributed by atoms with van der Waals surface area (Å²) in [4.78, 5) is 16.2. The van der Waals surface area contributed by atoms with Crippen LogP contribution in [0.15, 0.2) is 36.5 Å². The molecule has 0 saturated carbocycles. The predicted octanol–water partition coefficient (Wildman–Crippen LogP) is 3.84. The number of pyridine rings is 1. The van der Waals surface area contributed by atoms with Gasteiger partial charge in [-0.3, -0.25) is 4.98 Å². The summed E-state index contributed by atoms with van der Waals surface area (Å²) in [6.45, 7) is 6.23. The van der Waals surface area contributed by atoms with Crippen LogP contribution >= 0.6 is 12.4 Å². The molecule has 0 atom stereocenters. The van der Waals surface area contributed by atoms with Crippen LogP contribution in [0.25, 0.3) is 0 Å². The molecule has 1 heterocycles. The maximum Gasteiger partial charge on any atom is 0.319 e. The standard InChI is InChI=1S/C18H23N3O3.ClH/c1-18(2,3)14-9-13(24-4)10-15(16(14)22)21-17(23)20-11-12-7-5-6-8-19-12;/h5-10,22H,11H2,1-4H3,(H2,20,21,23);1H. The van der Waals surface area contributed by atoms with Crippen molar-refractivity contribution in [1.82, 2.24) is 10.3 Å². The van der Waals surface area contributed by atoms with E-state index in [4.69, 9.17) is 4.74 Å². The third-order valence-electron chi connectivity index (χ3n) is 3.53. The van der Waals surface area contributed by atoms with Gasteiger partial charge in [-0.2, -0.15) is 0 Å². The van der Waals surface area contributed by atoms with Crippen LogP contribution in [0, 0.1) is 0 Å². The molecule has 7 heteroatoms. The largest absolute Gasteiger partial charge is 0.505 e. The van der Waals surface area contributed by atoms with E-state index >= 15 is 0 Å². The Morgan fingerprint density at radius 1 is 1.28 bits per heavy atom. The summed E-state index contributed by atoms with van der Waals surface area (Å²) in [5.41, 5.74) is 1.46. The number of hydrogen-bond acceptors (Lipinski definition) is 4. The van der Waals surface area contributed by atoms with E-state index in [2.05, 4.69) is 15.6 Å². The Labute approximate surface area is 154 Å². The number of phenols is 1. The summed E-state index contributed by atoms with van der Waals surface area (Å²) in [6.07, 6.45) is 1.67. The van der Waals surface area contributed by atoms with Gasteiger partial charge in [0.1, 0.15) is 11.5 Å². The van der Waals surface area contributed by atoms with E-state index < -0.39 is 6.03 Å². The third kappa shape index (κ3) is 5.53. The first-order chi connectivity index (χ1) is 11.3. The van der Waals surface area contributed by atoms with E-state index in [1.807, 2.05) is 39.0 Å². The summed E-state index contributed by atoms with van der Waals surface area (Å²) in [5, 5.41) is 15.8. The van der Waals surface area contributed by atoms with Crippen LogP contribution in [-0.2, 0) is 12.0 Å². The molecule has 0 radical (unpaired) electrons. The van der Waals surface area contributed by atoms with Crippen LogP contribution in [0.4, 0.5) is 10.5 Å². The zero-order valence-electron chi connectivity index (χ0n) is 14.8. The van der Waals surface area contributed by atoms with E-state index in [-0.39, 0.29) is 23.6 Å². The average molecular weight is 366 g/mol. The number of aromatic nitrogens is 1. The van der Waals surface area contributed by atoms with Gasteiger partial charge in [-0.05, 0) is 23.6 Å². The molecule has 2 rings (SSSR count). The topological polar surface area (TPSA) is 83.5 Å². The van der Waals surface area contributed by atoms with Gasteiger partial charge in [0.25, 0.3) is 0 Å². The average Bonchev–Trinajstić information content (AvgIpc) is 2.54. The molecule has 1 aromatic heterocycles. The van der Waals surface area contributed by atoms with Crippen molar-refractivity contribution in [3.63, 3.8) is 0 Å². The van der Waals surface area contributed by atoms with Crippen LogP contribution in [0.5, 0.6) is 11.5 Å². The van der Waals surface area contributed by atoms with Gasteiger partial charge >= 0.3 is 6.03 Å². The quantitative estimate of drug-likeness (QED) is 0.719. The molecule has 1 aromatic carbocycles. The maximum atomic E-state index is 12.1. The number of carbonyl (C=O) groups excluding carboxylic acids is 1. The van der Waals surface area contributed by atoms with Crippen molar-refractivity contribution in [2.24, 2.45) is 0 Å². The van der Waals surface area contributed by atoms with E-state index in [1.54, 1.807) is 25.4 Å². The second-order valence-electron chi connectivity index (χ2n) is 6.45. The SMILES string of the molecule is COc1cc(NC(=O)NCc2ccccn2)c(O)c(C(C)(C)C)c1.Cl. The number of ether oxygens (including phenoxy) is 1. The molecule has 3 N–H and O–H groups in total. The van der Waals surface area contributed by atoms with Gasteiger partial charge in [-0.25, -0.2) is 4.79 Å². The van der Waals surface area contributed by atoms with Crippen molar-refractivity contribution in [2.45, 2.75) is 32.7 Å². The Kier molecular flexibility index (Phi) is 7.06. The molecule has 0 aliphatic heterocycles. The molecule has 0 fully saturated rings. The van der Waals surface area contributed by atoms with Crippen LogP contribution in [-0.4, -0.2) is 23.2 Å². The molecule has 0 aliphatic carbocycles. The van der Waals surface area contributed by atoms with Crippen LogP contribution in [0.2, 0.25) is 0 Å². The first-order valence-electron chi connectivity index (χ1n) is 7.67. The van der Waals surface area contributed by atoms with E-state index in [1.165, 1.54) is 0 Å². The van der Waals surface area contributed by atoms with Crippen molar-refractivity contribution in [3.8, 4) is 11.5 Å². The lowest BCUT2D eigenvalue weighted by atomic mass is 9.86.